The Bertz CT molecular complexity index is 929. The lowest BCUT2D eigenvalue weighted by Gasteiger charge is -2.07. The summed E-state index contributed by atoms with van der Waals surface area (Å²) in [7, 11) is 1.92. The molecule has 2 aromatic carbocycles. The monoisotopic (exact) mass is 380 g/mol. The Labute approximate surface area is 165 Å². The Morgan fingerprint density at radius 3 is 2.64 bits per heavy atom. The molecule has 148 valence electrons. The van der Waals surface area contributed by atoms with Crippen molar-refractivity contribution in [2.45, 2.75) is 32.6 Å². The number of rotatable bonds is 10. The number of furan rings is 1. The van der Waals surface area contributed by atoms with Gasteiger partial charge in [-0.15, -0.1) is 0 Å². The lowest BCUT2D eigenvalue weighted by molar-refractivity contribution is 0.103. The van der Waals surface area contributed by atoms with E-state index in [0.29, 0.717) is 29.0 Å². The molecule has 0 fully saturated rings. The van der Waals surface area contributed by atoms with Crippen molar-refractivity contribution in [3.05, 3.63) is 59.4 Å². The summed E-state index contributed by atoms with van der Waals surface area (Å²) in [4.78, 5) is 13.3. The highest BCUT2D eigenvalue weighted by Gasteiger charge is 2.22. The zero-order valence-corrected chi connectivity index (χ0v) is 16.6. The van der Waals surface area contributed by atoms with E-state index in [1.54, 1.807) is 6.07 Å². The van der Waals surface area contributed by atoms with Crippen LogP contribution in [-0.2, 0) is 6.42 Å². The fourth-order valence-corrected chi connectivity index (χ4v) is 3.21. The topological polar surface area (TPSA) is 77.5 Å². The van der Waals surface area contributed by atoms with Crippen LogP contribution in [0.15, 0.2) is 46.9 Å². The van der Waals surface area contributed by atoms with Crippen molar-refractivity contribution < 1.29 is 13.9 Å². The number of unbranched alkanes of at least 4 members (excludes halogenated alkanes) is 1. The molecular weight excluding hydrogens is 352 g/mol. The molecule has 3 N–H and O–H groups in total. The predicted octanol–water partition coefficient (Wildman–Crippen LogP) is 4.58. The largest absolute Gasteiger partial charge is 0.494 e. The van der Waals surface area contributed by atoms with Crippen molar-refractivity contribution in [1.29, 1.82) is 0 Å². The Morgan fingerprint density at radius 2 is 1.93 bits per heavy atom. The number of anilines is 1. The number of fused-ring (bicyclic) bond motifs is 1. The van der Waals surface area contributed by atoms with Gasteiger partial charge >= 0.3 is 0 Å². The maximum absolute atomic E-state index is 13.3. The first-order valence-corrected chi connectivity index (χ1v) is 9.87. The summed E-state index contributed by atoms with van der Waals surface area (Å²) in [5.41, 5.74) is 8.52. The van der Waals surface area contributed by atoms with E-state index < -0.39 is 0 Å². The molecule has 28 heavy (non-hydrogen) atoms. The highest BCUT2D eigenvalue weighted by molar-refractivity contribution is 6.17. The number of aryl methyl sites for hydroxylation is 1. The number of hydrogen-bond acceptors (Lipinski definition) is 5. The molecule has 5 heteroatoms. The lowest BCUT2D eigenvalue weighted by Crippen LogP contribution is -2.11. The smallest absolute Gasteiger partial charge is 0.197 e. The molecule has 3 aromatic rings. The molecule has 1 aromatic heterocycles. The highest BCUT2D eigenvalue weighted by atomic mass is 16.5. The Kier molecular flexibility index (Phi) is 6.71. The lowest BCUT2D eigenvalue weighted by atomic mass is 9.98. The average Bonchev–Trinajstić information content (AvgIpc) is 3.07. The van der Waals surface area contributed by atoms with Crippen LogP contribution in [0.2, 0.25) is 0 Å². The van der Waals surface area contributed by atoms with Crippen LogP contribution in [-0.4, -0.2) is 26.0 Å². The molecule has 0 saturated heterocycles. The zero-order chi connectivity index (χ0) is 19.9. The number of nitrogens with two attached hydrogens (primary N) is 1. The molecule has 5 nitrogen and oxygen atoms in total. The molecule has 1 heterocycles. The van der Waals surface area contributed by atoms with E-state index in [1.165, 1.54) is 0 Å². The van der Waals surface area contributed by atoms with Crippen molar-refractivity contribution in [3.63, 3.8) is 0 Å². The number of carbonyl (C=O) groups excluding carboxylic acids is 1. The second kappa shape index (κ2) is 9.42. The van der Waals surface area contributed by atoms with Crippen LogP contribution >= 0.6 is 0 Å². The first kappa shape index (κ1) is 20.0. The van der Waals surface area contributed by atoms with Crippen LogP contribution in [0.25, 0.3) is 11.0 Å². The van der Waals surface area contributed by atoms with Crippen molar-refractivity contribution in [2.24, 2.45) is 0 Å². The first-order valence-electron chi connectivity index (χ1n) is 9.87. The fourth-order valence-electron chi connectivity index (χ4n) is 3.21. The van der Waals surface area contributed by atoms with Gasteiger partial charge in [-0.3, -0.25) is 4.79 Å². The molecule has 0 saturated carbocycles. The molecule has 0 aliphatic rings. The van der Waals surface area contributed by atoms with Crippen molar-refractivity contribution >= 4 is 22.4 Å². The van der Waals surface area contributed by atoms with E-state index in [4.69, 9.17) is 14.9 Å². The molecule has 0 atom stereocenters. The maximum atomic E-state index is 13.3. The zero-order valence-electron chi connectivity index (χ0n) is 16.6. The van der Waals surface area contributed by atoms with Crippen LogP contribution in [0.1, 0.15) is 47.9 Å². The number of nitrogens with one attached hydrogen (secondary N) is 1. The van der Waals surface area contributed by atoms with Crippen molar-refractivity contribution in [2.75, 3.05) is 25.9 Å². The molecular formula is C23H28N2O3. The van der Waals surface area contributed by atoms with Crippen LogP contribution < -0.4 is 15.8 Å². The molecule has 0 bridgehead atoms. The van der Waals surface area contributed by atoms with E-state index in [-0.39, 0.29) is 5.78 Å². The third-order valence-corrected chi connectivity index (χ3v) is 4.73. The fraction of sp³-hybridized carbons (Fsp3) is 0.348. The summed E-state index contributed by atoms with van der Waals surface area (Å²) < 4.78 is 11.7. The van der Waals surface area contributed by atoms with E-state index in [9.17, 15) is 4.79 Å². The van der Waals surface area contributed by atoms with Gasteiger partial charge in [0, 0.05) is 23.1 Å². The van der Waals surface area contributed by atoms with Gasteiger partial charge in [-0.2, -0.15) is 0 Å². The number of ether oxygens (including phenoxy) is 1. The van der Waals surface area contributed by atoms with Crippen LogP contribution in [0.5, 0.6) is 5.75 Å². The summed E-state index contributed by atoms with van der Waals surface area (Å²) in [5, 5.41) is 3.87. The minimum Gasteiger partial charge on any atom is -0.494 e. The van der Waals surface area contributed by atoms with Gasteiger partial charge in [-0.25, -0.2) is 0 Å². The van der Waals surface area contributed by atoms with Crippen molar-refractivity contribution in [3.8, 4) is 5.75 Å². The summed E-state index contributed by atoms with van der Waals surface area (Å²) in [6.45, 7) is 3.67. The van der Waals surface area contributed by atoms with E-state index in [1.807, 2.05) is 43.4 Å². The number of carbonyl (C=O) groups is 1. The van der Waals surface area contributed by atoms with E-state index in [2.05, 4.69) is 12.2 Å². The number of hydrogen-bond donors (Lipinski definition) is 2. The number of benzene rings is 2. The molecule has 0 spiro atoms. The standard InChI is InChI=1S/C23H28N2O3/c1-3-4-6-21-22(19-15-17(24)9-12-20(19)28-21)23(26)16-7-10-18(11-8-16)27-14-5-13-25-2/h7-12,15,25H,3-6,13-14,24H2,1-2H3. The first-order chi connectivity index (χ1) is 13.6. The van der Waals surface area contributed by atoms with Gasteiger partial charge in [0.15, 0.2) is 5.78 Å². The second-order valence-electron chi connectivity index (χ2n) is 6.92. The third-order valence-electron chi connectivity index (χ3n) is 4.73. The minimum absolute atomic E-state index is 0.0443. The van der Waals surface area contributed by atoms with Crippen LogP contribution in [0.4, 0.5) is 5.69 Å². The molecule has 0 unspecified atom stereocenters. The van der Waals surface area contributed by atoms with Gasteiger partial charge in [-0.1, -0.05) is 13.3 Å². The summed E-state index contributed by atoms with van der Waals surface area (Å²) in [5.74, 6) is 1.46. The Morgan fingerprint density at radius 1 is 1.14 bits per heavy atom. The van der Waals surface area contributed by atoms with E-state index in [0.717, 1.165) is 49.1 Å². The summed E-state index contributed by atoms with van der Waals surface area (Å²) >= 11 is 0. The Hall–Kier alpha value is -2.79. The van der Waals surface area contributed by atoms with E-state index >= 15 is 0 Å². The van der Waals surface area contributed by atoms with Crippen LogP contribution in [0.3, 0.4) is 0 Å². The predicted molar refractivity (Wildman–Crippen MR) is 113 cm³/mol. The number of nitrogen functional groups attached to an aromatic ring is 1. The van der Waals surface area contributed by atoms with Gasteiger partial charge in [0.2, 0.25) is 0 Å². The molecule has 0 amide bonds. The molecule has 0 aliphatic carbocycles. The third kappa shape index (κ3) is 4.54. The van der Waals surface area contributed by atoms with Gasteiger partial charge in [0.25, 0.3) is 0 Å². The van der Waals surface area contributed by atoms with Gasteiger partial charge in [-0.05, 0) is 68.9 Å². The second-order valence-corrected chi connectivity index (χ2v) is 6.92. The summed E-state index contributed by atoms with van der Waals surface area (Å²) in [6.07, 6.45) is 3.67. The van der Waals surface area contributed by atoms with Crippen LogP contribution in [0, 0.1) is 0 Å². The Balaban J connectivity index is 1.86. The van der Waals surface area contributed by atoms with Gasteiger partial charge < -0.3 is 20.2 Å². The molecule has 0 radical (unpaired) electrons. The molecule has 0 aliphatic heterocycles. The highest BCUT2D eigenvalue weighted by Crippen LogP contribution is 2.31. The minimum atomic E-state index is -0.0443. The molecule has 3 rings (SSSR count). The normalized spacial score (nSPS) is 11.1. The maximum Gasteiger partial charge on any atom is 0.197 e. The average molecular weight is 380 g/mol. The van der Waals surface area contributed by atoms with Crippen molar-refractivity contribution in [1.82, 2.24) is 5.32 Å². The number of ketones is 1. The van der Waals surface area contributed by atoms with Gasteiger partial charge in [0.05, 0.1) is 12.2 Å². The SMILES string of the molecule is CCCCc1oc2ccc(N)cc2c1C(=O)c1ccc(OCCCNC)cc1. The van der Waals surface area contributed by atoms with Gasteiger partial charge in [0.1, 0.15) is 17.1 Å². The summed E-state index contributed by atoms with van der Waals surface area (Å²) in [6, 6.07) is 12.8. The quantitative estimate of drug-likeness (QED) is 0.306.